The molecule has 1 aromatic heterocycles. The Morgan fingerprint density at radius 3 is 2.55 bits per heavy atom. The topological polar surface area (TPSA) is 101 Å². The number of nitrogens with zero attached hydrogens (tertiary/aromatic N) is 2. The van der Waals surface area contributed by atoms with E-state index in [9.17, 15) is 22.8 Å². The average Bonchev–Trinajstić information content (AvgIpc) is 3.20. The summed E-state index contributed by atoms with van der Waals surface area (Å²) in [6, 6.07) is 9.12. The Kier molecular flexibility index (Phi) is 7.44. The standard InChI is InChI=1S/C22H18F3N3O4S/c1-2-32-19(29)10-18-12-33-21(27-18)28-26-11-13-3-5-14(6-4-13)15-7-16(20(30)31)9-17(8-15)22(23,24)25/h3-9,11-12H,2,10H2,1H3,(H,27,28)(H,30,31). The third-order valence-electron chi connectivity index (χ3n) is 4.31. The monoisotopic (exact) mass is 477 g/mol. The van der Waals surface area contributed by atoms with Crippen LogP contribution in [0.15, 0.2) is 52.9 Å². The number of hydrazone groups is 1. The normalized spacial score (nSPS) is 11.5. The molecule has 0 unspecified atom stereocenters. The third-order valence-corrected chi connectivity index (χ3v) is 5.10. The van der Waals surface area contributed by atoms with Crippen molar-refractivity contribution in [2.75, 3.05) is 12.0 Å². The number of benzene rings is 2. The number of carbonyl (C=O) groups excluding carboxylic acids is 1. The molecule has 2 aromatic carbocycles. The summed E-state index contributed by atoms with van der Waals surface area (Å²) in [4.78, 5) is 26.9. The van der Waals surface area contributed by atoms with E-state index in [-0.39, 0.29) is 18.0 Å². The Bertz CT molecular complexity index is 1170. The summed E-state index contributed by atoms with van der Waals surface area (Å²) in [6.07, 6.45) is -3.11. The fraction of sp³-hybridized carbons (Fsp3) is 0.182. The lowest BCUT2D eigenvalue weighted by molar-refractivity contribution is -0.142. The number of esters is 1. The molecule has 11 heteroatoms. The summed E-state index contributed by atoms with van der Waals surface area (Å²) in [5.74, 6) is -1.81. The van der Waals surface area contributed by atoms with Crippen LogP contribution in [-0.2, 0) is 22.1 Å². The van der Waals surface area contributed by atoms with Crippen molar-refractivity contribution in [1.82, 2.24) is 4.98 Å². The number of hydrogen-bond donors (Lipinski definition) is 2. The zero-order valence-corrected chi connectivity index (χ0v) is 18.0. The number of thiazole rings is 1. The fourth-order valence-corrected chi connectivity index (χ4v) is 3.46. The van der Waals surface area contributed by atoms with Gasteiger partial charge < -0.3 is 9.84 Å². The molecule has 33 heavy (non-hydrogen) atoms. The van der Waals surface area contributed by atoms with Crippen molar-refractivity contribution in [3.8, 4) is 11.1 Å². The molecule has 0 aliphatic heterocycles. The van der Waals surface area contributed by atoms with Crippen LogP contribution in [0.1, 0.15) is 34.1 Å². The number of alkyl halides is 3. The van der Waals surface area contributed by atoms with Gasteiger partial charge in [-0.2, -0.15) is 18.3 Å². The number of nitrogens with one attached hydrogen (secondary N) is 1. The fourth-order valence-electron chi connectivity index (χ4n) is 2.80. The highest BCUT2D eigenvalue weighted by atomic mass is 32.1. The van der Waals surface area contributed by atoms with Gasteiger partial charge >= 0.3 is 18.1 Å². The van der Waals surface area contributed by atoms with Crippen molar-refractivity contribution in [1.29, 1.82) is 0 Å². The van der Waals surface area contributed by atoms with Crippen LogP contribution in [0.4, 0.5) is 18.3 Å². The lowest BCUT2D eigenvalue weighted by Crippen LogP contribution is -2.08. The van der Waals surface area contributed by atoms with Gasteiger partial charge in [0.05, 0.1) is 36.1 Å². The van der Waals surface area contributed by atoms with E-state index >= 15 is 0 Å². The number of carbonyl (C=O) groups is 2. The van der Waals surface area contributed by atoms with Gasteiger partial charge in [0, 0.05) is 5.38 Å². The number of carboxylic acid groups (broad SMARTS) is 1. The minimum absolute atomic E-state index is 0.0658. The smallest absolute Gasteiger partial charge is 0.416 e. The second-order valence-electron chi connectivity index (χ2n) is 6.72. The molecule has 0 saturated heterocycles. The van der Waals surface area contributed by atoms with Crippen LogP contribution in [0.3, 0.4) is 0 Å². The number of carboxylic acids is 1. The molecule has 1 heterocycles. The molecular formula is C22H18F3N3O4S. The zero-order chi connectivity index (χ0) is 24.0. The quantitative estimate of drug-likeness (QED) is 0.267. The number of ether oxygens (including phenoxy) is 1. The Morgan fingerprint density at radius 1 is 1.18 bits per heavy atom. The van der Waals surface area contributed by atoms with Crippen LogP contribution in [0, 0.1) is 0 Å². The largest absolute Gasteiger partial charge is 0.478 e. The first kappa shape index (κ1) is 23.9. The van der Waals surface area contributed by atoms with Crippen molar-refractivity contribution in [2.24, 2.45) is 5.10 Å². The highest BCUT2D eigenvalue weighted by Crippen LogP contribution is 2.33. The van der Waals surface area contributed by atoms with E-state index in [1.54, 1.807) is 36.6 Å². The Balaban J connectivity index is 1.69. The van der Waals surface area contributed by atoms with E-state index in [1.165, 1.54) is 23.6 Å². The van der Waals surface area contributed by atoms with Crippen molar-refractivity contribution >= 4 is 34.6 Å². The van der Waals surface area contributed by atoms with E-state index in [1.807, 2.05) is 0 Å². The maximum absolute atomic E-state index is 13.1. The molecule has 0 bridgehead atoms. The maximum atomic E-state index is 13.1. The van der Waals surface area contributed by atoms with Crippen LogP contribution < -0.4 is 5.43 Å². The first-order valence-corrected chi connectivity index (χ1v) is 10.5. The molecular weight excluding hydrogens is 459 g/mol. The Hall–Kier alpha value is -3.73. The van der Waals surface area contributed by atoms with Gasteiger partial charge in [0.2, 0.25) is 5.13 Å². The second kappa shape index (κ2) is 10.3. The van der Waals surface area contributed by atoms with Crippen LogP contribution in [-0.4, -0.2) is 34.9 Å². The molecule has 172 valence electrons. The van der Waals surface area contributed by atoms with E-state index in [4.69, 9.17) is 9.84 Å². The predicted molar refractivity (Wildman–Crippen MR) is 118 cm³/mol. The number of halogens is 3. The van der Waals surface area contributed by atoms with Crippen molar-refractivity contribution in [3.05, 3.63) is 70.2 Å². The number of rotatable bonds is 8. The third kappa shape index (κ3) is 6.62. The molecule has 7 nitrogen and oxygen atoms in total. The molecule has 0 amide bonds. The van der Waals surface area contributed by atoms with Crippen LogP contribution >= 0.6 is 11.3 Å². The first-order chi connectivity index (χ1) is 15.7. The van der Waals surface area contributed by atoms with Gasteiger partial charge in [-0.3, -0.25) is 10.2 Å². The van der Waals surface area contributed by atoms with Crippen LogP contribution in [0.2, 0.25) is 0 Å². The molecule has 0 radical (unpaired) electrons. The number of anilines is 1. The van der Waals surface area contributed by atoms with Gasteiger partial charge in [-0.05, 0) is 41.8 Å². The predicted octanol–water partition coefficient (Wildman–Crippen LogP) is 5.08. The van der Waals surface area contributed by atoms with Gasteiger partial charge in [0.25, 0.3) is 0 Å². The van der Waals surface area contributed by atoms with Crippen molar-refractivity contribution in [3.63, 3.8) is 0 Å². The molecule has 2 N–H and O–H groups in total. The maximum Gasteiger partial charge on any atom is 0.416 e. The van der Waals surface area contributed by atoms with Gasteiger partial charge in [-0.15, -0.1) is 11.3 Å². The zero-order valence-electron chi connectivity index (χ0n) is 17.2. The summed E-state index contributed by atoms with van der Waals surface area (Å²) in [6.45, 7) is 2.02. The summed E-state index contributed by atoms with van der Waals surface area (Å²) in [5, 5.41) is 15.4. The van der Waals surface area contributed by atoms with Gasteiger partial charge in [-0.25, -0.2) is 9.78 Å². The molecule has 0 spiro atoms. The average molecular weight is 477 g/mol. The molecule has 3 aromatic rings. The van der Waals surface area contributed by atoms with Gasteiger partial charge in [0.1, 0.15) is 0 Å². The minimum Gasteiger partial charge on any atom is -0.478 e. The number of hydrogen-bond acceptors (Lipinski definition) is 7. The minimum atomic E-state index is -4.66. The number of aromatic carboxylic acids is 1. The summed E-state index contributed by atoms with van der Waals surface area (Å²) in [7, 11) is 0. The second-order valence-corrected chi connectivity index (χ2v) is 7.58. The Morgan fingerprint density at radius 2 is 1.91 bits per heavy atom. The highest BCUT2D eigenvalue weighted by Gasteiger charge is 2.32. The molecule has 0 atom stereocenters. The summed E-state index contributed by atoms with van der Waals surface area (Å²) in [5.41, 5.74) is 3.05. The van der Waals surface area contributed by atoms with Crippen LogP contribution in [0.25, 0.3) is 11.1 Å². The first-order valence-electron chi connectivity index (χ1n) is 9.61. The molecule has 0 aliphatic rings. The summed E-state index contributed by atoms with van der Waals surface area (Å²) >= 11 is 1.27. The number of aromatic nitrogens is 1. The molecule has 0 fully saturated rings. The lowest BCUT2D eigenvalue weighted by atomic mass is 9.98. The van der Waals surface area contributed by atoms with E-state index in [2.05, 4.69) is 15.5 Å². The molecule has 0 saturated carbocycles. The van der Waals surface area contributed by atoms with Crippen molar-refractivity contribution < 1.29 is 32.6 Å². The van der Waals surface area contributed by atoms with Gasteiger partial charge in [-0.1, -0.05) is 24.3 Å². The summed E-state index contributed by atoms with van der Waals surface area (Å²) < 4.78 is 44.2. The van der Waals surface area contributed by atoms with Crippen LogP contribution in [0.5, 0.6) is 0 Å². The van der Waals surface area contributed by atoms with Gasteiger partial charge in [0.15, 0.2) is 0 Å². The molecule has 0 aliphatic carbocycles. The van der Waals surface area contributed by atoms with E-state index < -0.39 is 23.3 Å². The molecule has 3 rings (SSSR count). The lowest BCUT2D eigenvalue weighted by Gasteiger charge is -2.11. The van der Waals surface area contributed by atoms with E-state index in [0.29, 0.717) is 34.6 Å². The highest BCUT2D eigenvalue weighted by molar-refractivity contribution is 7.13. The Labute approximate surface area is 190 Å². The van der Waals surface area contributed by atoms with E-state index in [0.717, 1.165) is 6.07 Å². The van der Waals surface area contributed by atoms with Crippen molar-refractivity contribution in [2.45, 2.75) is 19.5 Å². The SMILES string of the molecule is CCOC(=O)Cc1csc(NN=Cc2ccc(-c3cc(C(=O)O)cc(C(F)(F)F)c3)cc2)n1.